The molecule has 0 aliphatic carbocycles. The lowest BCUT2D eigenvalue weighted by Crippen LogP contribution is -2.39. The first-order valence-electron chi connectivity index (χ1n) is 10.6. The van der Waals surface area contributed by atoms with Crippen LogP contribution in [0.15, 0.2) is 65.1 Å². The van der Waals surface area contributed by atoms with Gasteiger partial charge in [-0.3, -0.25) is 9.59 Å². The Morgan fingerprint density at radius 3 is 2.62 bits per heavy atom. The number of halogens is 1. The summed E-state index contributed by atoms with van der Waals surface area (Å²) in [6, 6.07) is 14.5. The van der Waals surface area contributed by atoms with Gasteiger partial charge in [-0.2, -0.15) is 5.10 Å². The minimum absolute atomic E-state index is 0.187. The van der Waals surface area contributed by atoms with Crippen molar-refractivity contribution in [3.63, 3.8) is 0 Å². The van der Waals surface area contributed by atoms with E-state index in [9.17, 15) is 14.0 Å². The third-order valence-electron chi connectivity index (χ3n) is 5.60. The van der Waals surface area contributed by atoms with Crippen molar-refractivity contribution in [2.75, 3.05) is 27.8 Å². The Balaban J connectivity index is 1.69. The second kappa shape index (κ2) is 10.0. The van der Waals surface area contributed by atoms with Crippen molar-refractivity contribution in [1.82, 2.24) is 9.91 Å². The first-order valence-corrected chi connectivity index (χ1v) is 11.5. The molecule has 7 nitrogen and oxygen atoms in total. The molecule has 0 bridgehead atoms. The first-order chi connectivity index (χ1) is 16.4. The SMILES string of the molecule is COc1ccc(OC)c([C@H]2CC(c3ccccc3F)=NN2C(=O)CN(C)C(=O)c2cccs2)c1. The smallest absolute Gasteiger partial charge is 0.264 e. The molecule has 176 valence electrons. The number of carbonyl (C=O) groups excluding carboxylic acids is 2. The van der Waals surface area contributed by atoms with Gasteiger partial charge in [-0.25, -0.2) is 9.40 Å². The van der Waals surface area contributed by atoms with Crippen LogP contribution in [0.25, 0.3) is 0 Å². The van der Waals surface area contributed by atoms with E-state index in [2.05, 4.69) is 5.10 Å². The molecule has 0 N–H and O–H groups in total. The third-order valence-corrected chi connectivity index (χ3v) is 6.46. The molecule has 0 unspecified atom stereocenters. The standard InChI is InChI=1S/C25H24FN3O4S/c1-28(25(31)23-9-6-12-34-23)15-24(30)29-21(18-13-16(32-2)10-11-22(18)33-3)14-20(27-29)17-7-4-5-8-19(17)26/h4-13,21H,14-15H2,1-3H3/t21-/m1/s1. The van der Waals surface area contributed by atoms with E-state index in [0.29, 0.717) is 33.2 Å². The van der Waals surface area contributed by atoms with Crippen LogP contribution in [-0.2, 0) is 4.79 Å². The predicted octanol–water partition coefficient (Wildman–Crippen LogP) is 4.35. The number of amides is 2. The molecule has 0 spiro atoms. The van der Waals surface area contributed by atoms with E-state index in [1.54, 1.807) is 75.2 Å². The zero-order valence-electron chi connectivity index (χ0n) is 19.0. The van der Waals surface area contributed by atoms with Crippen molar-refractivity contribution in [2.24, 2.45) is 5.10 Å². The van der Waals surface area contributed by atoms with Crippen LogP contribution >= 0.6 is 11.3 Å². The molecule has 2 amide bonds. The molecular weight excluding hydrogens is 457 g/mol. The van der Waals surface area contributed by atoms with Crippen LogP contribution in [0.3, 0.4) is 0 Å². The largest absolute Gasteiger partial charge is 0.497 e. The fourth-order valence-corrected chi connectivity index (χ4v) is 4.59. The number of methoxy groups -OCH3 is 2. The second-order valence-electron chi connectivity index (χ2n) is 7.73. The summed E-state index contributed by atoms with van der Waals surface area (Å²) in [4.78, 5) is 27.9. The molecule has 4 rings (SSSR count). The summed E-state index contributed by atoms with van der Waals surface area (Å²) in [5.74, 6) is 0.0750. The summed E-state index contributed by atoms with van der Waals surface area (Å²) < 4.78 is 25.5. The summed E-state index contributed by atoms with van der Waals surface area (Å²) in [6.45, 7) is -0.187. The normalized spacial score (nSPS) is 15.1. The van der Waals surface area contributed by atoms with Gasteiger partial charge in [0, 0.05) is 24.6 Å². The Morgan fingerprint density at radius 1 is 1.15 bits per heavy atom. The van der Waals surface area contributed by atoms with E-state index in [4.69, 9.17) is 9.47 Å². The van der Waals surface area contributed by atoms with E-state index in [0.717, 1.165) is 0 Å². The number of nitrogens with zero attached hydrogens (tertiary/aromatic N) is 3. The molecule has 9 heteroatoms. The Morgan fingerprint density at radius 2 is 1.94 bits per heavy atom. The highest BCUT2D eigenvalue weighted by atomic mass is 32.1. The predicted molar refractivity (Wildman–Crippen MR) is 128 cm³/mol. The highest BCUT2D eigenvalue weighted by Gasteiger charge is 2.36. The van der Waals surface area contributed by atoms with Gasteiger partial charge in [-0.15, -0.1) is 11.3 Å². The van der Waals surface area contributed by atoms with Gasteiger partial charge in [0.1, 0.15) is 23.9 Å². The van der Waals surface area contributed by atoms with Gasteiger partial charge in [0.05, 0.1) is 30.9 Å². The number of rotatable bonds is 7. The maximum Gasteiger partial charge on any atom is 0.264 e. The Hall–Kier alpha value is -3.72. The van der Waals surface area contributed by atoms with Crippen LogP contribution < -0.4 is 9.47 Å². The summed E-state index contributed by atoms with van der Waals surface area (Å²) in [5, 5.41) is 7.63. The minimum Gasteiger partial charge on any atom is -0.497 e. The number of carbonyl (C=O) groups is 2. The molecule has 1 atom stereocenters. The van der Waals surface area contributed by atoms with Gasteiger partial charge in [0.25, 0.3) is 11.8 Å². The lowest BCUT2D eigenvalue weighted by atomic mass is 9.97. The summed E-state index contributed by atoms with van der Waals surface area (Å²) >= 11 is 1.31. The van der Waals surface area contributed by atoms with Gasteiger partial charge in [-0.1, -0.05) is 24.3 Å². The molecule has 0 fully saturated rings. The number of hydrogen-bond donors (Lipinski definition) is 0. The lowest BCUT2D eigenvalue weighted by molar-refractivity contribution is -0.133. The maximum absolute atomic E-state index is 14.6. The quantitative estimate of drug-likeness (QED) is 0.503. The van der Waals surface area contributed by atoms with Gasteiger partial charge in [0.2, 0.25) is 0 Å². The fraction of sp³-hybridized carbons (Fsp3) is 0.240. The van der Waals surface area contributed by atoms with Gasteiger partial charge < -0.3 is 14.4 Å². The van der Waals surface area contributed by atoms with Gasteiger partial charge in [0.15, 0.2) is 0 Å². The average Bonchev–Trinajstić information content (AvgIpc) is 3.54. The third kappa shape index (κ3) is 4.65. The fourth-order valence-electron chi connectivity index (χ4n) is 3.88. The maximum atomic E-state index is 14.6. The van der Waals surface area contributed by atoms with Crippen molar-refractivity contribution in [1.29, 1.82) is 0 Å². The van der Waals surface area contributed by atoms with E-state index in [1.165, 1.54) is 27.3 Å². The van der Waals surface area contributed by atoms with Gasteiger partial charge >= 0.3 is 0 Å². The monoisotopic (exact) mass is 481 g/mol. The topological polar surface area (TPSA) is 71.4 Å². The molecule has 1 aromatic heterocycles. The molecule has 0 saturated carbocycles. The number of hydrogen-bond acceptors (Lipinski definition) is 6. The highest BCUT2D eigenvalue weighted by molar-refractivity contribution is 7.12. The van der Waals surface area contributed by atoms with Crippen LogP contribution in [0.1, 0.15) is 33.3 Å². The van der Waals surface area contributed by atoms with E-state index < -0.39 is 17.8 Å². The second-order valence-corrected chi connectivity index (χ2v) is 8.68. The molecule has 1 aliphatic heterocycles. The minimum atomic E-state index is -0.558. The van der Waals surface area contributed by atoms with E-state index >= 15 is 0 Å². The number of thiophene rings is 1. The van der Waals surface area contributed by atoms with E-state index in [1.807, 2.05) is 0 Å². The van der Waals surface area contributed by atoms with Crippen molar-refractivity contribution in [3.05, 3.63) is 81.8 Å². The van der Waals surface area contributed by atoms with Crippen LogP contribution in [0.4, 0.5) is 4.39 Å². The van der Waals surface area contributed by atoms with Gasteiger partial charge in [-0.05, 0) is 35.7 Å². The van der Waals surface area contributed by atoms with Crippen LogP contribution in [0, 0.1) is 5.82 Å². The highest BCUT2D eigenvalue weighted by Crippen LogP contribution is 2.39. The number of ether oxygens (including phenoxy) is 2. The Kier molecular flexibility index (Phi) is 6.93. The van der Waals surface area contributed by atoms with Crippen LogP contribution in [0.5, 0.6) is 11.5 Å². The van der Waals surface area contributed by atoms with Crippen LogP contribution in [0.2, 0.25) is 0 Å². The lowest BCUT2D eigenvalue weighted by Gasteiger charge is -2.26. The van der Waals surface area contributed by atoms with E-state index in [-0.39, 0.29) is 18.9 Å². The van der Waals surface area contributed by atoms with Crippen molar-refractivity contribution in [2.45, 2.75) is 12.5 Å². The summed E-state index contributed by atoms with van der Waals surface area (Å²) in [6.07, 6.45) is 0.277. The molecule has 2 heterocycles. The first kappa shape index (κ1) is 23.4. The molecule has 34 heavy (non-hydrogen) atoms. The molecule has 0 saturated heterocycles. The summed E-state index contributed by atoms with van der Waals surface area (Å²) in [7, 11) is 4.66. The van der Waals surface area contributed by atoms with Crippen molar-refractivity contribution in [3.8, 4) is 11.5 Å². The molecule has 0 radical (unpaired) electrons. The average molecular weight is 482 g/mol. The molecule has 1 aliphatic rings. The Labute approximate surface area is 201 Å². The van der Waals surface area contributed by atoms with Crippen LogP contribution in [-0.4, -0.2) is 55.2 Å². The van der Waals surface area contributed by atoms with Crippen molar-refractivity contribution >= 4 is 28.9 Å². The van der Waals surface area contributed by atoms with Crippen molar-refractivity contribution < 1.29 is 23.5 Å². The molecule has 2 aromatic carbocycles. The summed E-state index contributed by atoms with van der Waals surface area (Å²) in [5.41, 5.74) is 1.44. The molecule has 3 aromatic rings. The Bertz CT molecular complexity index is 1230. The number of hydrazone groups is 1. The molecular formula is C25H24FN3O4S. The zero-order chi connectivity index (χ0) is 24.2. The zero-order valence-corrected chi connectivity index (χ0v) is 19.8. The number of likely N-dealkylation sites (N-methyl/N-ethyl adjacent to an activating group) is 1. The number of benzene rings is 2.